The standard InChI is InChI=1S/C9H10O4S/c10-14(11,12)9-4-2-1-3-7(9)5-8-6-13-8/h1-4,8H,5-6H2,(H,10,11,12)/p-1. The Morgan fingerprint density at radius 2 is 2.07 bits per heavy atom. The van der Waals surface area contributed by atoms with E-state index >= 15 is 0 Å². The van der Waals surface area contributed by atoms with E-state index in [1.807, 2.05) is 0 Å². The molecule has 1 atom stereocenters. The highest BCUT2D eigenvalue weighted by Crippen LogP contribution is 2.21. The molecule has 0 spiro atoms. The molecule has 76 valence electrons. The van der Waals surface area contributed by atoms with Gasteiger partial charge in [-0.3, -0.25) is 0 Å². The molecule has 1 fully saturated rings. The SMILES string of the molecule is O=S(=O)([O-])c1ccccc1CC1CO1. The van der Waals surface area contributed by atoms with Gasteiger partial charge in [-0.1, -0.05) is 18.2 Å². The van der Waals surface area contributed by atoms with Crippen molar-refractivity contribution in [1.82, 2.24) is 0 Å². The van der Waals surface area contributed by atoms with Gasteiger partial charge >= 0.3 is 0 Å². The van der Waals surface area contributed by atoms with Crippen molar-refractivity contribution in [3.05, 3.63) is 29.8 Å². The van der Waals surface area contributed by atoms with Gasteiger partial charge < -0.3 is 9.29 Å². The lowest BCUT2D eigenvalue weighted by molar-refractivity contribution is 0.406. The van der Waals surface area contributed by atoms with Crippen molar-refractivity contribution in [3.8, 4) is 0 Å². The number of rotatable bonds is 3. The highest BCUT2D eigenvalue weighted by atomic mass is 32.2. The normalized spacial score (nSPS) is 20.8. The third-order valence-electron chi connectivity index (χ3n) is 2.09. The maximum atomic E-state index is 10.9. The first kappa shape index (κ1) is 9.64. The Bertz CT molecular complexity index is 434. The maximum Gasteiger partial charge on any atom is 0.124 e. The zero-order valence-corrected chi connectivity index (χ0v) is 8.16. The average molecular weight is 213 g/mol. The monoisotopic (exact) mass is 213 g/mol. The Morgan fingerprint density at radius 3 is 2.64 bits per heavy atom. The van der Waals surface area contributed by atoms with Gasteiger partial charge in [0.1, 0.15) is 10.1 Å². The third-order valence-corrected chi connectivity index (χ3v) is 3.03. The van der Waals surface area contributed by atoms with E-state index in [0.29, 0.717) is 18.6 Å². The first-order valence-corrected chi connectivity index (χ1v) is 5.63. The fraction of sp³-hybridized carbons (Fsp3) is 0.333. The van der Waals surface area contributed by atoms with E-state index in [0.717, 1.165) is 0 Å². The van der Waals surface area contributed by atoms with Gasteiger partial charge in [-0.05, 0) is 11.6 Å². The minimum absolute atomic E-state index is 0.0814. The minimum Gasteiger partial charge on any atom is -0.744 e. The van der Waals surface area contributed by atoms with Crippen molar-refractivity contribution in [2.75, 3.05) is 6.61 Å². The molecule has 0 amide bonds. The third kappa shape index (κ3) is 2.12. The molecule has 0 saturated carbocycles. The Morgan fingerprint density at radius 1 is 1.43 bits per heavy atom. The van der Waals surface area contributed by atoms with Crippen LogP contribution in [0.15, 0.2) is 29.2 Å². The van der Waals surface area contributed by atoms with Crippen molar-refractivity contribution < 1.29 is 17.7 Å². The van der Waals surface area contributed by atoms with Crippen molar-refractivity contribution in [2.45, 2.75) is 17.4 Å². The van der Waals surface area contributed by atoms with Crippen LogP contribution in [0.3, 0.4) is 0 Å². The van der Waals surface area contributed by atoms with Crippen LogP contribution >= 0.6 is 0 Å². The Balaban J connectivity index is 2.37. The molecule has 5 heteroatoms. The van der Waals surface area contributed by atoms with Gasteiger partial charge in [-0.15, -0.1) is 0 Å². The van der Waals surface area contributed by atoms with Gasteiger partial charge in [0.25, 0.3) is 0 Å². The number of ether oxygens (including phenoxy) is 1. The van der Waals surface area contributed by atoms with E-state index in [1.165, 1.54) is 6.07 Å². The second-order valence-electron chi connectivity index (χ2n) is 3.22. The molecule has 0 radical (unpaired) electrons. The summed E-state index contributed by atoms with van der Waals surface area (Å²) in [6.07, 6.45) is 0.579. The highest BCUT2D eigenvalue weighted by molar-refractivity contribution is 7.85. The van der Waals surface area contributed by atoms with Crippen LogP contribution < -0.4 is 0 Å². The van der Waals surface area contributed by atoms with Gasteiger partial charge in [0.05, 0.1) is 17.6 Å². The second kappa shape index (κ2) is 3.34. The molecule has 1 aromatic rings. The van der Waals surface area contributed by atoms with Crippen LogP contribution in [0.4, 0.5) is 0 Å². The number of hydrogen-bond donors (Lipinski definition) is 0. The van der Waals surface area contributed by atoms with Crippen molar-refractivity contribution >= 4 is 10.1 Å². The number of benzene rings is 1. The summed E-state index contributed by atoms with van der Waals surface area (Å²) in [6.45, 7) is 0.646. The lowest BCUT2D eigenvalue weighted by atomic mass is 10.1. The Hall–Kier alpha value is -0.910. The van der Waals surface area contributed by atoms with Gasteiger partial charge in [0.2, 0.25) is 0 Å². The summed E-state index contributed by atoms with van der Waals surface area (Å²) < 4.78 is 37.6. The van der Waals surface area contributed by atoms with E-state index in [9.17, 15) is 13.0 Å². The summed E-state index contributed by atoms with van der Waals surface area (Å²) in [5.41, 5.74) is 0.546. The molecule has 0 aliphatic carbocycles. The highest BCUT2D eigenvalue weighted by Gasteiger charge is 2.24. The molecule has 1 saturated heterocycles. The largest absolute Gasteiger partial charge is 0.744 e. The second-order valence-corrected chi connectivity index (χ2v) is 4.57. The van der Waals surface area contributed by atoms with Crippen LogP contribution in [0.2, 0.25) is 0 Å². The first-order chi connectivity index (χ1) is 6.57. The summed E-state index contributed by atoms with van der Waals surface area (Å²) in [4.78, 5) is -0.129. The maximum absolute atomic E-state index is 10.9. The molecule has 2 rings (SSSR count). The Labute approximate surface area is 82.3 Å². The Kier molecular flexibility index (Phi) is 2.30. The molecule has 1 aliphatic rings. The van der Waals surface area contributed by atoms with E-state index in [-0.39, 0.29) is 11.0 Å². The van der Waals surface area contributed by atoms with Crippen LogP contribution in [0.5, 0.6) is 0 Å². The van der Waals surface area contributed by atoms with E-state index < -0.39 is 10.1 Å². The first-order valence-electron chi connectivity index (χ1n) is 4.23. The molecule has 0 aromatic heterocycles. The number of epoxide rings is 1. The fourth-order valence-corrected chi connectivity index (χ4v) is 2.07. The zero-order chi connectivity index (χ0) is 10.2. The molecule has 1 aliphatic heterocycles. The van der Waals surface area contributed by atoms with Gasteiger partial charge in [-0.25, -0.2) is 8.42 Å². The topological polar surface area (TPSA) is 69.7 Å². The predicted molar refractivity (Wildman–Crippen MR) is 47.8 cm³/mol. The summed E-state index contributed by atoms with van der Waals surface area (Å²) in [7, 11) is -4.36. The van der Waals surface area contributed by atoms with E-state index in [2.05, 4.69) is 0 Å². The molecule has 4 nitrogen and oxygen atoms in total. The van der Waals surface area contributed by atoms with Crippen LogP contribution in [0.1, 0.15) is 5.56 Å². The van der Waals surface area contributed by atoms with Crippen molar-refractivity contribution in [2.24, 2.45) is 0 Å². The molecule has 0 bridgehead atoms. The molecule has 1 heterocycles. The fourth-order valence-electron chi connectivity index (χ4n) is 1.35. The van der Waals surface area contributed by atoms with Gasteiger partial charge in [-0.2, -0.15) is 0 Å². The smallest absolute Gasteiger partial charge is 0.124 e. The van der Waals surface area contributed by atoms with E-state index in [4.69, 9.17) is 4.74 Å². The van der Waals surface area contributed by atoms with Gasteiger partial charge in [0, 0.05) is 6.42 Å². The zero-order valence-electron chi connectivity index (χ0n) is 7.34. The van der Waals surface area contributed by atoms with E-state index in [1.54, 1.807) is 18.2 Å². The summed E-state index contributed by atoms with van der Waals surface area (Å²) in [6, 6.07) is 6.24. The lowest BCUT2D eigenvalue weighted by Gasteiger charge is -2.11. The van der Waals surface area contributed by atoms with Crippen molar-refractivity contribution in [1.29, 1.82) is 0 Å². The molecule has 14 heavy (non-hydrogen) atoms. The summed E-state index contributed by atoms with van der Waals surface area (Å²) >= 11 is 0. The molecular formula is C9H9O4S-. The average Bonchev–Trinajstić information content (AvgIpc) is 2.87. The van der Waals surface area contributed by atoms with Crippen LogP contribution in [0, 0.1) is 0 Å². The van der Waals surface area contributed by atoms with Gasteiger partial charge in [0.15, 0.2) is 0 Å². The van der Waals surface area contributed by atoms with Crippen molar-refractivity contribution in [3.63, 3.8) is 0 Å². The molecular weight excluding hydrogens is 204 g/mol. The molecule has 1 unspecified atom stereocenters. The van der Waals surface area contributed by atoms with Crippen LogP contribution in [0.25, 0.3) is 0 Å². The minimum atomic E-state index is -4.36. The van der Waals surface area contributed by atoms with Crippen LogP contribution in [-0.2, 0) is 21.3 Å². The number of hydrogen-bond acceptors (Lipinski definition) is 4. The summed E-state index contributed by atoms with van der Waals surface area (Å²) in [5.74, 6) is 0. The quantitative estimate of drug-likeness (QED) is 0.542. The lowest BCUT2D eigenvalue weighted by Crippen LogP contribution is -2.05. The predicted octanol–water partition coefficient (Wildman–Crippen LogP) is 0.532. The molecule has 1 aromatic carbocycles. The molecule has 0 N–H and O–H groups in total. The van der Waals surface area contributed by atoms with Crippen LogP contribution in [-0.4, -0.2) is 25.7 Å². The summed E-state index contributed by atoms with van der Waals surface area (Å²) in [5, 5.41) is 0.